The van der Waals surface area contributed by atoms with Gasteiger partial charge in [0.25, 0.3) is 0 Å². The lowest BCUT2D eigenvalue weighted by molar-refractivity contribution is -0.0417. The molecular formula is C42H50O4. The topological polar surface area (TPSA) is 52.6 Å². The molecule has 4 heteroatoms. The van der Waals surface area contributed by atoms with E-state index in [2.05, 4.69) is 102 Å². The molecule has 3 aromatic carbocycles. The van der Waals surface area contributed by atoms with Crippen molar-refractivity contribution in [2.75, 3.05) is 0 Å². The molecule has 4 nitrogen and oxygen atoms in total. The first kappa shape index (κ1) is 31.2. The molecule has 7 rings (SSSR count). The maximum atomic E-state index is 13.7. The Morgan fingerprint density at radius 2 is 0.913 bits per heavy atom. The lowest BCUT2D eigenvalue weighted by Gasteiger charge is -2.39. The van der Waals surface area contributed by atoms with Gasteiger partial charge >= 0.3 is 11.9 Å². The van der Waals surface area contributed by atoms with Crippen LogP contribution in [-0.4, -0.2) is 24.1 Å². The van der Waals surface area contributed by atoms with Crippen LogP contribution in [0.3, 0.4) is 0 Å². The molecule has 46 heavy (non-hydrogen) atoms. The smallest absolute Gasteiger partial charge is 0.338 e. The molecule has 0 heterocycles. The molecule has 0 aliphatic heterocycles. The molecule has 4 aliphatic carbocycles. The van der Waals surface area contributed by atoms with Gasteiger partial charge in [-0.05, 0) is 96.6 Å². The summed E-state index contributed by atoms with van der Waals surface area (Å²) in [5.74, 6) is 0.971. The van der Waals surface area contributed by atoms with E-state index in [1.165, 1.54) is 24.0 Å². The quantitative estimate of drug-likeness (QED) is 0.236. The first-order chi connectivity index (χ1) is 21.9. The van der Waals surface area contributed by atoms with Gasteiger partial charge in [-0.25, -0.2) is 9.59 Å². The third-order valence-electron chi connectivity index (χ3n) is 14.3. The molecule has 0 unspecified atom stereocenters. The van der Waals surface area contributed by atoms with Gasteiger partial charge in [-0.1, -0.05) is 102 Å². The molecule has 0 aromatic heterocycles. The van der Waals surface area contributed by atoms with E-state index in [1.54, 1.807) is 24.3 Å². The van der Waals surface area contributed by atoms with Crippen LogP contribution in [0.1, 0.15) is 99.1 Å². The van der Waals surface area contributed by atoms with Crippen LogP contribution in [0.5, 0.6) is 0 Å². The number of ether oxygens (including phenoxy) is 2. The molecule has 3 aromatic rings. The Bertz CT molecular complexity index is 1470. The normalized spacial score (nSPS) is 34.8. The minimum absolute atomic E-state index is 0.0721. The van der Waals surface area contributed by atoms with Crippen LogP contribution in [0.2, 0.25) is 0 Å². The van der Waals surface area contributed by atoms with Crippen LogP contribution in [0.15, 0.2) is 84.9 Å². The third-order valence-corrected chi connectivity index (χ3v) is 14.3. The molecule has 4 aliphatic rings. The van der Waals surface area contributed by atoms with Crippen molar-refractivity contribution in [3.05, 3.63) is 107 Å². The van der Waals surface area contributed by atoms with Crippen molar-refractivity contribution in [1.82, 2.24) is 0 Å². The summed E-state index contributed by atoms with van der Waals surface area (Å²) in [6.07, 6.45) is 6.02. The van der Waals surface area contributed by atoms with Crippen LogP contribution < -0.4 is 0 Å². The SMILES string of the molecule is CC1(C)[C@H]2CC[C@]1(C)[C@@H](OC(=O)c1ccc(C(=O)O[C@H]3[C@H](Cc4ccccc4)[C@@H]4CC[C@@]3(C)C4(C)C)cc1)[C@@H]2Cc1ccccc1. The molecule has 0 radical (unpaired) electrons. The summed E-state index contributed by atoms with van der Waals surface area (Å²) in [4.78, 5) is 27.3. The van der Waals surface area contributed by atoms with Crippen LogP contribution in [0, 0.1) is 45.3 Å². The highest BCUT2D eigenvalue weighted by Crippen LogP contribution is 2.70. The minimum atomic E-state index is -0.308. The standard InChI is InChI=1S/C42H50O4/c1-39(2)33-21-23-41(39,5)35(31(33)25-27-13-9-7-10-14-27)45-37(43)29-17-19-30(20-18-29)38(44)46-36-32(26-28-15-11-8-12-16-28)34-22-24-42(36,6)40(34,3)4/h7-20,31-36H,21-26H2,1-6H3/t31-,32-,33+,34+,35+,36+,41-,42-/m1/s1. The Hall–Kier alpha value is -3.40. The molecule has 4 bridgehead atoms. The summed E-state index contributed by atoms with van der Waals surface area (Å²) in [6, 6.07) is 28.1. The maximum Gasteiger partial charge on any atom is 0.338 e. The van der Waals surface area contributed by atoms with Gasteiger partial charge in [0.2, 0.25) is 0 Å². The number of benzene rings is 3. The molecule has 0 amide bonds. The molecule has 0 spiro atoms. The van der Waals surface area contributed by atoms with Crippen LogP contribution in [-0.2, 0) is 22.3 Å². The number of fused-ring (bicyclic) bond motifs is 4. The highest BCUT2D eigenvalue weighted by molar-refractivity contribution is 5.93. The largest absolute Gasteiger partial charge is 0.458 e. The number of esters is 2. The van der Waals surface area contributed by atoms with E-state index in [0.29, 0.717) is 23.0 Å². The van der Waals surface area contributed by atoms with Gasteiger partial charge in [-0.3, -0.25) is 0 Å². The zero-order chi connectivity index (χ0) is 32.5. The van der Waals surface area contributed by atoms with Gasteiger partial charge in [0.1, 0.15) is 12.2 Å². The number of carbonyl (C=O) groups is 2. The van der Waals surface area contributed by atoms with E-state index < -0.39 is 0 Å². The summed E-state index contributed by atoms with van der Waals surface area (Å²) in [6.45, 7) is 14.1. The highest BCUT2D eigenvalue weighted by atomic mass is 16.6. The molecule has 0 saturated heterocycles. The minimum Gasteiger partial charge on any atom is -0.458 e. The second-order valence-electron chi connectivity index (χ2n) is 16.5. The first-order valence-corrected chi connectivity index (χ1v) is 17.5. The Kier molecular flexibility index (Phi) is 7.53. The predicted octanol–water partition coefficient (Wildman–Crippen LogP) is 9.37. The van der Waals surface area contributed by atoms with Crippen molar-refractivity contribution in [2.45, 2.75) is 92.3 Å². The summed E-state index contributed by atoms with van der Waals surface area (Å²) >= 11 is 0. The number of rotatable bonds is 8. The van der Waals surface area contributed by atoms with E-state index in [1.807, 2.05) is 0 Å². The zero-order valence-corrected chi connectivity index (χ0v) is 28.4. The summed E-state index contributed by atoms with van der Waals surface area (Å²) in [7, 11) is 0. The van der Waals surface area contributed by atoms with E-state index in [-0.39, 0.29) is 57.6 Å². The lowest BCUT2D eigenvalue weighted by atomic mass is 9.70. The Morgan fingerprint density at radius 1 is 0.565 bits per heavy atom. The average molecular weight is 619 g/mol. The summed E-state index contributed by atoms with van der Waals surface area (Å²) < 4.78 is 12.9. The highest BCUT2D eigenvalue weighted by Gasteiger charge is 2.68. The predicted molar refractivity (Wildman–Crippen MR) is 181 cm³/mol. The van der Waals surface area contributed by atoms with Crippen molar-refractivity contribution in [1.29, 1.82) is 0 Å². The van der Waals surface area contributed by atoms with Crippen molar-refractivity contribution >= 4 is 11.9 Å². The van der Waals surface area contributed by atoms with Crippen LogP contribution in [0.4, 0.5) is 0 Å². The maximum absolute atomic E-state index is 13.7. The fraction of sp³-hybridized carbons (Fsp3) is 0.524. The molecule has 0 N–H and O–H groups in total. The van der Waals surface area contributed by atoms with E-state index in [0.717, 1.165) is 25.7 Å². The first-order valence-electron chi connectivity index (χ1n) is 17.5. The third kappa shape index (κ3) is 4.68. The Morgan fingerprint density at radius 3 is 1.26 bits per heavy atom. The van der Waals surface area contributed by atoms with Crippen LogP contribution >= 0.6 is 0 Å². The zero-order valence-electron chi connectivity index (χ0n) is 28.4. The molecule has 242 valence electrons. The average Bonchev–Trinajstić information content (AvgIpc) is 3.54. The van der Waals surface area contributed by atoms with Gasteiger partial charge in [-0.15, -0.1) is 0 Å². The van der Waals surface area contributed by atoms with Gasteiger partial charge < -0.3 is 9.47 Å². The molecule has 8 atom stereocenters. The fourth-order valence-corrected chi connectivity index (χ4v) is 10.8. The second kappa shape index (κ2) is 11.1. The van der Waals surface area contributed by atoms with Crippen LogP contribution in [0.25, 0.3) is 0 Å². The lowest BCUT2D eigenvalue weighted by Crippen LogP contribution is -2.41. The van der Waals surface area contributed by atoms with E-state index in [4.69, 9.17) is 9.47 Å². The van der Waals surface area contributed by atoms with Gasteiger partial charge in [0.05, 0.1) is 11.1 Å². The Labute approximate surface area is 275 Å². The van der Waals surface area contributed by atoms with E-state index >= 15 is 0 Å². The number of hydrogen-bond donors (Lipinski definition) is 0. The number of hydrogen-bond acceptors (Lipinski definition) is 4. The van der Waals surface area contributed by atoms with Gasteiger partial charge in [-0.2, -0.15) is 0 Å². The van der Waals surface area contributed by atoms with Crippen molar-refractivity contribution in [3.8, 4) is 0 Å². The number of carbonyl (C=O) groups excluding carboxylic acids is 2. The second-order valence-corrected chi connectivity index (χ2v) is 16.5. The summed E-state index contributed by atoms with van der Waals surface area (Å²) in [5, 5.41) is 0. The Balaban J connectivity index is 1.07. The van der Waals surface area contributed by atoms with Gasteiger partial charge in [0, 0.05) is 22.7 Å². The summed E-state index contributed by atoms with van der Waals surface area (Å²) in [5.41, 5.74) is 3.59. The van der Waals surface area contributed by atoms with Crippen molar-refractivity contribution in [3.63, 3.8) is 0 Å². The fourth-order valence-electron chi connectivity index (χ4n) is 10.8. The van der Waals surface area contributed by atoms with E-state index in [9.17, 15) is 9.59 Å². The van der Waals surface area contributed by atoms with Crippen molar-refractivity contribution < 1.29 is 19.1 Å². The van der Waals surface area contributed by atoms with Crippen molar-refractivity contribution in [2.24, 2.45) is 45.3 Å². The monoisotopic (exact) mass is 618 g/mol. The molecule has 4 saturated carbocycles. The molecular weight excluding hydrogens is 568 g/mol. The van der Waals surface area contributed by atoms with Gasteiger partial charge in [0.15, 0.2) is 0 Å². The molecule has 4 fully saturated rings.